The molecular weight excluding hydrogens is 156 g/mol. The minimum Gasteiger partial charge on any atom is -0.393 e. The lowest BCUT2D eigenvalue weighted by Crippen LogP contribution is -2.12. The smallest absolute Gasteiger partial charge is 0.0951 e. The third-order valence-corrected chi connectivity index (χ3v) is 1.88. The van der Waals surface area contributed by atoms with Gasteiger partial charge in [0.25, 0.3) is 0 Å². The van der Waals surface area contributed by atoms with Crippen molar-refractivity contribution in [1.82, 2.24) is 0 Å². The fourth-order valence-corrected chi connectivity index (χ4v) is 0.708. The zero-order valence-corrected chi connectivity index (χ0v) is 7.64. The van der Waals surface area contributed by atoms with E-state index < -0.39 is 6.10 Å². The van der Waals surface area contributed by atoms with E-state index in [9.17, 15) is 0 Å². The number of aliphatic hydroxyl groups is 3. The van der Waals surface area contributed by atoms with E-state index in [2.05, 4.69) is 0 Å². The fourth-order valence-electron chi connectivity index (χ4n) is 0.708. The summed E-state index contributed by atoms with van der Waals surface area (Å²) in [6, 6.07) is 0. The molecule has 0 spiro atoms. The van der Waals surface area contributed by atoms with Gasteiger partial charge in [0.1, 0.15) is 0 Å². The standard InChI is InChI=1S/C9H18O3/c1-7(8(2)11)4-3-5-9(12)6-10/h3,5,7-12H,4,6H2,1-2H3/b5-3-/t7-,8+,9?/m1/s1. The molecule has 1 unspecified atom stereocenters. The molecule has 0 heterocycles. The van der Waals surface area contributed by atoms with E-state index in [1.54, 1.807) is 19.1 Å². The molecule has 3 atom stereocenters. The summed E-state index contributed by atoms with van der Waals surface area (Å²) in [6.07, 6.45) is 2.93. The summed E-state index contributed by atoms with van der Waals surface area (Å²) in [7, 11) is 0. The molecule has 0 saturated heterocycles. The van der Waals surface area contributed by atoms with Crippen LogP contribution in [-0.4, -0.2) is 34.1 Å². The second-order valence-electron chi connectivity index (χ2n) is 3.13. The summed E-state index contributed by atoms with van der Waals surface area (Å²) < 4.78 is 0. The van der Waals surface area contributed by atoms with Crippen molar-refractivity contribution in [1.29, 1.82) is 0 Å². The molecule has 0 saturated carbocycles. The SMILES string of the molecule is C[C@H](O)[C@H](C)C/C=C\C(O)CO. The zero-order valence-electron chi connectivity index (χ0n) is 7.64. The maximum atomic E-state index is 9.10. The summed E-state index contributed by atoms with van der Waals surface area (Å²) >= 11 is 0. The summed E-state index contributed by atoms with van der Waals surface area (Å²) in [6.45, 7) is 3.42. The summed E-state index contributed by atoms with van der Waals surface area (Å²) in [4.78, 5) is 0. The molecular formula is C9H18O3. The van der Waals surface area contributed by atoms with Crippen molar-refractivity contribution >= 4 is 0 Å². The molecule has 3 N–H and O–H groups in total. The fraction of sp³-hybridized carbons (Fsp3) is 0.778. The van der Waals surface area contributed by atoms with Gasteiger partial charge >= 0.3 is 0 Å². The monoisotopic (exact) mass is 174 g/mol. The molecule has 0 amide bonds. The average Bonchev–Trinajstić information content (AvgIpc) is 2.03. The van der Waals surface area contributed by atoms with Gasteiger partial charge in [-0.05, 0) is 19.3 Å². The average molecular weight is 174 g/mol. The molecule has 0 radical (unpaired) electrons. The molecule has 3 heteroatoms. The molecule has 0 aromatic carbocycles. The van der Waals surface area contributed by atoms with Crippen molar-refractivity contribution in [2.24, 2.45) is 5.92 Å². The number of rotatable bonds is 5. The molecule has 0 aliphatic carbocycles. The third kappa shape index (κ3) is 5.29. The largest absolute Gasteiger partial charge is 0.393 e. The van der Waals surface area contributed by atoms with Crippen LogP contribution in [0.3, 0.4) is 0 Å². The molecule has 0 aromatic heterocycles. The van der Waals surface area contributed by atoms with Gasteiger partial charge in [-0.1, -0.05) is 19.1 Å². The van der Waals surface area contributed by atoms with Gasteiger partial charge in [0, 0.05) is 0 Å². The van der Waals surface area contributed by atoms with Gasteiger partial charge in [0.2, 0.25) is 0 Å². The highest BCUT2D eigenvalue weighted by Crippen LogP contribution is 2.08. The Hall–Kier alpha value is -0.380. The lowest BCUT2D eigenvalue weighted by Gasteiger charge is -2.11. The number of aliphatic hydroxyl groups excluding tert-OH is 3. The number of allylic oxidation sites excluding steroid dienone is 1. The van der Waals surface area contributed by atoms with Gasteiger partial charge in [-0.15, -0.1) is 0 Å². The molecule has 72 valence electrons. The van der Waals surface area contributed by atoms with Crippen molar-refractivity contribution < 1.29 is 15.3 Å². The first-order valence-electron chi connectivity index (χ1n) is 4.21. The van der Waals surface area contributed by atoms with Gasteiger partial charge in [0.05, 0.1) is 18.8 Å². The quantitative estimate of drug-likeness (QED) is 0.525. The van der Waals surface area contributed by atoms with E-state index in [0.717, 1.165) is 0 Å². The first-order valence-corrected chi connectivity index (χ1v) is 4.21. The van der Waals surface area contributed by atoms with Crippen LogP contribution in [0.2, 0.25) is 0 Å². The Balaban J connectivity index is 3.59. The Kier molecular flexibility index (Phi) is 5.98. The minimum atomic E-state index is -0.772. The van der Waals surface area contributed by atoms with Crippen molar-refractivity contribution in [2.75, 3.05) is 6.61 Å². The molecule has 12 heavy (non-hydrogen) atoms. The normalized spacial score (nSPS) is 19.4. The van der Waals surface area contributed by atoms with Gasteiger partial charge in [-0.25, -0.2) is 0 Å². The van der Waals surface area contributed by atoms with E-state index in [1.165, 1.54) is 0 Å². The maximum absolute atomic E-state index is 9.10. The maximum Gasteiger partial charge on any atom is 0.0951 e. The van der Waals surface area contributed by atoms with Crippen molar-refractivity contribution in [3.05, 3.63) is 12.2 Å². The molecule has 3 nitrogen and oxygen atoms in total. The van der Waals surface area contributed by atoms with E-state index in [-0.39, 0.29) is 18.6 Å². The summed E-state index contributed by atoms with van der Waals surface area (Å²) in [5.41, 5.74) is 0. The number of hydrogen-bond donors (Lipinski definition) is 3. The van der Waals surface area contributed by atoms with E-state index in [4.69, 9.17) is 15.3 Å². The highest BCUT2D eigenvalue weighted by atomic mass is 16.3. The molecule has 0 fully saturated rings. The van der Waals surface area contributed by atoms with E-state index in [1.807, 2.05) is 6.92 Å². The minimum absolute atomic E-state index is 0.187. The predicted molar refractivity (Wildman–Crippen MR) is 47.7 cm³/mol. The Morgan fingerprint density at radius 1 is 1.25 bits per heavy atom. The Morgan fingerprint density at radius 2 is 1.83 bits per heavy atom. The Morgan fingerprint density at radius 3 is 2.25 bits per heavy atom. The van der Waals surface area contributed by atoms with Crippen LogP contribution in [0.25, 0.3) is 0 Å². The van der Waals surface area contributed by atoms with Gasteiger partial charge in [-0.2, -0.15) is 0 Å². The van der Waals surface area contributed by atoms with E-state index in [0.29, 0.717) is 6.42 Å². The number of hydrogen-bond acceptors (Lipinski definition) is 3. The lowest BCUT2D eigenvalue weighted by molar-refractivity contribution is 0.128. The Bertz CT molecular complexity index is 132. The van der Waals surface area contributed by atoms with E-state index >= 15 is 0 Å². The van der Waals surface area contributed by atoms with Crippen molar-refractivity contribution in [2.45, 2.75) is 32.5 Å². The van der Waals surface area contributed by atoms with Gasteiger partial charge in [-0.3, -0.25) is 0 Å². The Labute approximate surface area is 73.4 Å². The molecule has 0 aliphatic heterocycles. The van der Waals surface area contributed by atoms with Crippen LogP contribution >= 0.6 is 0 Å². The van der Waals surface area contributed by atoms with Crippen LogP contribution in [0.15, 0.2) is 12.2 Å². The van der Waals surface area contributed by atoms with Gasteiger partial charge < -0.3 is 15.3 Å². The summed E-state index contributed by atoms with van der Waals surface area (Å²) in [5, 5.41) is 26.5. The lowest BCUT2D eigenvalue weighted by atomic mass is 10.0. The van der Waals surface area contributed by atoms with Crippen LogP contribution < -0.4 is 0 Å². The molecule has 0 aliphatic rings. The zero-order chi connectivity index (χ0) is 9.56. The van der Waals surface area contributed by atoms with Crippen LogP contribution in [0.4, 0.5) is 0 Å². The van der Waals surface area contributed by atoms with Crippen LogP contribution in [0.1, 0.15) is 20.3 Å². The molecule has 0 rings (SSSR count). The predicted octanol–water partition coefficient (Wildman–Crippen LogP) is 0.303. The van der Waals surface area contributed by atoms with Gasteiger partial charge in [0.15, 0.2) is 0 Å². The van der Waals surface area contributed by atoms with Crippen LogP contribution in [0, 0.1) is 5.92 Å². The van der Waals surface area contributed by atoms with Crippen molar-refractivity contribution in [3.8, 4) is 0 Å². The summed E-state index contributed by atoms with van der Waals surface area (Å²) in [5.74, 6) is 0.187. The van der Waals surface area contributed by atoms with Crippen molar-refractivity contribution in [3.63, 3.8) is 0 Å². The third-order valence-electron chi connectivity index (χ3n) is 1.88. The topological polar surface area (TPSA) is 60.7 Å². The highest BCUT2D eigenvalue weighted by molar-refractivity contribution is 4.89. The van der Waals surface area contributed by atoms with Crippen LogP contribution in [-0.2, 0) is 0 Å². The highest BCUT2D eigenvalue weighted by Gasteiger charge is 2.05. The molecule has 0 bridgehead atoms. The second-order valence-corrected chi connectivity index (χ2v) is 3.13. The first kappa shape index (κ1) is 11.6. The second kappa shape index (κ2) is 6.17. The van der Waals surface area contributed by atoms with Crippen LogP contribution in [0.5, 0.6) is 0 Å². The first-order chi connectivity index (χ1) is 5.57. The molecule has 0 aromatic rings.